The number of amides is 1. The summed E-state index contributed by atoms with van der Waals surface area (Å²) in [5.41, 5.74) is 3.99. The van der Waals surface area contributed by atoms with Crippen LogP contribution in [-0.2, 0) is 11.3 Å². The van der Waals surface area contributed by atoms with Gasteiger partial charge in [-0.05, 0) is 19.9 Å². The smallest absolute Gasteiger partial charge is 0.235 e. The van der Waals surface area contributed by atoms with E-state index in [2.05, 4.69) is 69.0 Å². The van der Waals surface area contributed by atoms with Crippen LogP contribution in [0.2, 0.25) is 0 Å². The van der Waals surface area contributed by atoms with Crippen LogP contribution >= 0.6 is 0 Å². The second-order valence-corrected chi connectivity index (χ2v) is 7.93. The lowest BCUT2D eigenvalue weighted by Crippen LogP contribution is -2.58. The van der Waals surface area contributed by atoms with Crippen molar-refractivity contribution in [2.75, 3.05) is 33.7 Å². The maximum atomic E-state index is 13.0. The molecule has 1 aromatic carbocycles. The van der Waals surface area contributed by atoms with E-state index < -0.39 is 0 Å². The van der Waals surface area contributed by atoms with E-state index in [9.17, 15) is 4.79 Å². The number of benzene rings is 1. The van der Waals surface area contributed by atoms with E-state index >= 15 is 0 Å². The van der Waals surface area contributed by atoms with Crippen LogP contribution in [0.25, 0.3) is 16.5 Å². The molecule has 2 aromatic rings. The molecule has 146 valence electrons. The third kappa shape index (κ3) is 3.20. The quantitative estimate of drug-likeness (QED) is 0.752. The van der Waals surface area contributed by atoms with Crippen LogP contribution in [0.15, 0.2) is 36.5 Å². The monoisotopic (exact) mass is 368 g/mol. The van der Waals surface area contributed by atoms with E-state index in [1.165, 1.54) is 22.0 Å². The molecule has 2 aliphatic rings. The molecule has 0 N–H and O–H groups in total. The number of hydrogen-bond acceptors (Lipinski definition) is 1. The molecule has 4 nitrogen and oxygen atoms in total. The number of likely N-dealkylation sites (N-methyl/N-ethyl adjacent to an activating group) is 1. The highest BCUT2D eigenvalue weighted by Crippen LogP contribution is 2.41. The molecule has 0 fully saturated rings. The molecule has 1 amide bonds. The molecule has 4 rings (SSSR count). The van der Waals surface area contributed by atoms with Crippen LogP contribution in [0.3, 0.4) is 0 Å². The summed E-state index contributed by atoms with van der Waals surface area (Å²) in [7, 11) is 4.55. The summed E-state index contributed by atoms with van der Waals surface area (Å²) in [6.45, 7) is 11.6. The van der Waals surface area contributed by atoms with Crippen molar-refractivity contribution in [3.8, 4) is 0 Å². The van der Waals surface area contributed by atoms with Crippen molar-refractivity contribution < 1.29 is 9.28 Å². The Balaban J connectivity index is 0.00000102. The first kappa shape index (κ1) is 19.7. The van der Waals surface area contributed by atoms with Gasteiger partial charge in [-0.15, -0.1) is 0 Å². The van der Waals surface area contributed by atoms with Crippen molar-refractivity contribution in [1.29, 1.82) is 0 Å². The Hall–Kier alpha value is -2.07. The summed E-state index contributed by atoms with van der Waals surface area (Å²) >= 11 is 0. The van der Waals surface area contributed by atoms with E-state index in [0.29, 0.717) is 6.04 Å². The van der Waals surface area contributed by atoms with Crippen molar-refractivity contribution in [3.63, 3.8) is 0 Å². The molecule has 0 spiro atoms. The second-order valence-electron chi connectivity index (χ2n) is 7.93. The first-order chi connectivity index (χ1) is 13.0. The predicted molar refractivity (Wildman–Crippen MR) is 113 cm³/mol. The highest BCUT2D eigenvalue weighted by molar-refractivity contribution is 5.95. The average Bonchev–Trinajstić information content (AvgIpc) is 3.09. The standard InChI is InChI=1S/C21H28N3O.C2H6/c1-5-22(6-2)21(25)16-12-18-17-9-7-8-15-10-11-23(20(15)17)13-19(18)24(3,4)14-16;1-2/h7-12,16,19H,5-6,13-14H2,1-4H3;1-2H3/q+1;/t16-,19?;/m1./s1. The van der Waals surface area contributed by atoms with Gasteiger partial charge in [0.25, 0.3) is 0 Å². The molecular weight excluding hydrogens is 334 g/mol. The number of fused-ring (bicyclic) bond motifs is 2. The Bertz CT molecular complexity index is 858. The topological polar surface area (TPSA) is 25.2 Å². The SMILES string of the molecule is CC.CCN(CC)C(=O)[C@@H]1C=C2c3cccc4ccn(c34)CC2[N+](C)(C)C1. The lowest BCUT2D eigenvalue weighted by Gasteiger charge is -2.46. The minimum atomic E-state index is -0.0297. The lowest BCUT2D eigenvalue weighted by molar-refractivity contribution is -0.910. The molecule has 0 aliphatic carbocycles. The average molecular weight is 369 g/mol. The van der Waals surface area contributed by atoms with Gasteiger partial charge < -0.3 is 14.0 Å². The van der Waals surface area contributed by atoms with Crippen molar-refractivity contribution in [1.82, 2.24) is 9.47 Å². The number of carbonyl (C=O) groups excluding carboxylic acids is 1. The third-order valence-corrected chi connectivity index (χ3v) is 6.11. The number of carbonyl (C=O) groups is 1. The number of quaternary nitrogens is 1. The largest absolute Gasteiger partial charge is 0.343 e. The molecule has 4 heteroatoms. The fraction of sp³-hybridized carbons (Fsp3) is 0.522. The van der Waals surface area contributed by atoms with Gasteiger partial charge in [-0.1, -0.05) is 38.1 Å². The van der Waals surface area contributed by atoms with Gasteiger partial charge in [-0.25, -0.2) is 0 Å². The molecule has 2 atom stereocenters. The van der Waals surface area contributed by atoms with Crippen molar-refractivity contribution in [2.45, 2.75) is 40.3 Å². The number of rotatable bonds is 3. The summed E-state index contributed by atoms with van der Waals surface area (Å²) in [5, 5.41) is 1.29. The Kier molecular flexibility index (Phi) is 5.48. The van der Waals surface area contributed by atoms with Crippen molar-refractivity contribution in [2.24, 2.45) is 5.92 Å². The zero-order chi connectivity index (χ0) is 19.8. The van der Waals surface area contributed by atoms with Gasteiger partial charge in [0.2, 0.25) is 5.91 Å². The van der Waals surface area contributed by atoms with Gasteiger partial charge in [-0.2, -0.15) is 0 Å². The number of hydrogen-bond donors (Lipinski definition) is 0. The maximum Gasteiger partial charge on any atom is 0.235 e. The van der Waals surface area contributed by atoms with Crippen LogP contribution in [-0.4, -0.2) is 59.6 Å². The molecule has 2 aliphatic heterocycles. The second kappa shape index (κ2) is 7.51. The van der Waals surface area contributed by atoms with E-state index in [4.69, 9.17) is 0 Å². The predicted octanol–water partition coefficient (Wildman–Crippen LogP) is 4.01. The molecule has 1 aromatic heterocycles. The van der Waals surface area contributed by atoms with Crippen LogP contribution in [0.1, 0.15) is 33.3 Å². The molecular formula is C23H34N3O+. The first-order valence-corrected chi connectivity index (χ1v) is 10.4. The van der Waals surface area contributed by atoms with Gasteiger partial charge in [0, 0.05) is 35.8 Å². The van der Waals surface area contributed by atoms with E-state index in [0.717, 1.165) is 30.7 Å². The highest BCUT2D eigenvalue weighted by Gasteiger charge is 2.44. The molecule has 0 saturated heterocycles. The van der Waals surface area contributed by atoms with Crippen LogP contribution in [0.4, 0.5) is 0 Å². The van der Waals surface area contributed by atoms with Crippen LogP contribution in [0.5, 0.6) is 0 Å². The molecule has 0 bridgehead atoms. The summed E-state index contributed by atoms with van der Waals surface area (Å²) in [6, 6.07) is 9.15. The van der Waals surface area contributed by atoms with Gasteiger partial charge in [-0.3, -0.25) is 4.79 Å². The molecule has 3 heterocycles. The molecule has 27 heavy (non-hydrogen) atoms. The zero-order valence-electron chi connectivity index (χ0n) is 17.7. The van der Waals surface area contributed by atoms with Gasteiger partial charge in [0.15, 0.2) is 0 Å². The Labute approximate surface area is 163 Å². The minimum Gasteiger partial charge on any atom is -0.343 e. The Morgan fingerprint density at radius 2 is 1.89 bits per heavy atom. The van der Waals surface area contributed by atoms with Gasteiger partial charge >= 0.3 is 0 Å². The number of nitrogens with zero attached hydrogens (tertiary/aromatic N) is 3. The maximum absolute atomic E-state index is 13.0. The van der Waals surface area contributed by atoms with E-state index in [1.807, 2.05) is 18.7 Å². The van der Waals surface area contributed by atoms with Gasteiger partial charge in [0.1, 0.15) is 12.0 Å². The fourth-order valence-electron chi connectivity index (χ4n) is 4.73. The molecule has 0 radical (unpaired) electrons. The van der Waals surface area contributed by atoms with Crippen molar-refractivity contribution >= 4 is 22.4 Å². The first-order valence-electron chi connectivity index (χ1n) is 10.4. The number of para-hydroxylation sites is 1. The van der Waals surface area contributed by atoms with Gasteiger partial charge in [0.05, 0.1) is 32.7 Å². The third-order valence-electron chi connectivity index (χ3n) is 6.11. The summed E-state index contributed by atoms with van der Waals surface area (Å²) in [5.74, 6) is 0.244. The molecule has 1 unspecified atom stereocenters. The van der Waals surface area contributed by atoms with Crippen molar-refractivity contribution in [3.05, 3.63) is 42.1 Å². The zero-order valence-corrected chi connectivity index (χ0v) is 17.7. The van der Waals surface area contributed by atoms with Crippen LogP contribution < -0.4 is 0 Å². The van der Waals surface area contributed by atoms with E-state index in [-0.39, 0.29) is 11.8 Å². The normalized spacial score (nSPS) is 22.4. The lowest BCUT2D eigenvalue weighted by atomic mass is 9.84. The summed E-state index contributed by atoms with van der Waals surface area (Å²) in [4.78, 5) is 15.0. The fourth-order valence-corrected chi connectivity index (χ4v) is 4.73. The highest BCUT2D eigenvalue weighted by atomic mass is 16.2. The van der Waals surface area contributed by atoms with Crippen LogP contribution in [0, 0.1) is 5.92 Å². The Morgan fingerprint density at radius 1 is 1.19 bits per heavy atom. The van der Waals surface area contributed by atoms with E-state index in [1.54, 1.807) is 0 Å². The summed E-state index contributed by atoms with van der Waals surface area (Å²) in [6.07, 6.45) is 4.48. The summed E-state index contributed by atoms with van der Waals surface area (Å²) < 4.78 is 3.25. The number of aromatic nitrogens is 1. The Morgan fingerprint density at radius 3 is 2.56 bits per heavy atom. The minimum absolute atomic E-state index is 0.0297. The molecule has 0 saturated carbocycles.